The largest absolute Gasteiger partial charge is 0.498 e. The van der Waals surface area contributed by atoms with E-state index in [1.165, 1.54) is 41.9 Å². The summed E-state index contributed by atoms with van der Waals surface area (Å²) in [4.78, 5) is 0. The Morgan fingerprint density at radius 2 is 1.59 bits per heavy atom. The zero-order valence-electron chi connectivity index (χ0n) is 9.96. The number of hydrogen-bond acceptors (Lipinski definition) is 7. The Labute approximate surface area is 115 Å². The van der Waals surface area contributed by atoms with Crippen molar-refractivity contribution in [3.63, 3.8) is 0 Å². The zero-order valence-corrected chi connectivity index (χ0v) is 13.3. The molecule has 1 heterocycles. The third-order valence-electron chi connectivity index (χ3n) is 2.30. The predicted octanol–water partition coefficient (Wildman–Crippen LogP) is 5.77. The molecule has 0 aromatic carbocycles. The van der Waals surface area contributed by atoms with Crippen molar-refractivity contribution in [3.8, 4) is 0 Å². The number of unbranched alkanes of at least 4 members (excludes halogenated alkanes) is 6. The van der Waals surface area contributed by atoms with Gasteiger partial charge in [-0.05, 0) is 6.42 Å². The van der Waals surface area contributed by atoms with Crippen LogP contribution in [0.2, 0.25) is 0 Å². The SMILES string of the molecule is CCCCCCCCCOP1(=O)OSSSO1. The van der Waals surface area contributed by atoms with Crippen LogP contribution >= 0.6 is 39.8 Å². The second kappa shape index (κ2) is 10.0. The van der Waals surface area contributed by atoms with Crippen LogP contribution in [-0.2, 0) is 17.0 Å². The third-order valence-corrected chi connectivity index (χ3v) is 7.28. The Morgan fingerprint density at radius 1 is 1.00 bits per heavy atom. The van der Waals surface area contributed by atoms with Crippen LogP contribution in [0.15, 0.2) is 0 Å². The first-order valence-electron chi connectivity index (χ1n) is 5.89. The molecular weight excluding hydrogens is 299 g/mol. The molecule has 1 aliphatic rings. The molecule has 1 fully saturated rings. The molecule has 0 radical (unpaired) electrons. The monoisotopic (exact) mass is 318 g/mol. The fraction of sp³-hybridized carbons (Fsp3) is 1.00. The van der Waals surface area contributed by atoms with Crippen molar-refractivity contribution < 1.29 is 17.0 Å². The lowest BCUT2D eigenvalue weighted by atomic mass is 10.1. The lowest BCUT2D eigenvalue weighted by Crippen LogP contribution is -1.96. The summed E-state index contributed by atoms with van der Waals surface area (Å²) in [5, 5.41) is 0. The van der Waals surface area contributed by atoms with Crippen molar-refractivity contribution in [1.82, 2.24) is 0 Å². The van der Waals surface area contributed by atoms with Gasteiger partial charge in [-0.2, -0.15) is 0 Å². The highest BCUT2D eigenvalue weighted by molar-refractivity contribution is 9.08. The van der Waals surface area contributed by atoms with Crippen molar-refractivity contribution in [2.75, 3.05) is 6.61 Å². The maximum Gasteiger partial charge on any atom is 0.498 e. The molecule has 17 heavy (non-hydrogen) atoms. The fourth-order valence-electron chi connectivity index (χ4n) is 1.40. The van der Waals surface area contributed by atoms with E-state index in [1.807, 2.05) is 0 Å². The van der Waals surface area contributed by atoms with E-state index in [1.54, 1.807) is 0 Å². The van der Waals surface area contributed by atoms with Crippen LogP contribution in [0.25, 0.3) is 0 Å². The molecule has 0 aliphatic carbocycles. The minimum Gasteiger partial charge on any atom is -0.286 e. The highest BCUT2D eigenvalue weighted by Gasteiger charge is 2.32. The molecule has 0 aromatic heterocycles. The molecule has 4 nitrogen and oxygen atoms in total. The molecule has 0 bridgehead atoms. The first-order valence-corrected chi connectivity index (χ1v) is 10.7. The second-order valence-corrected chi connectivity index (χ2v) is 8.96. The Bertz CT molecular complexity index is 232. The molecule has 0 atom stereocenters. The number of hydrogen-bond donors (Lipinski definition) is 0. The fourth-order valence-corrected chi connectivity index (χ4v) is 6.64. The molecule has 1 aliphatic heterocycles. The Kier molecular flexibility index (Phi) is 9.55. The van der Waals surface area contributed by atoms with E-state index in [-0.39, 0.29) is 0 Å². The number of rotatable bonds is 9. The maximum atomic E-state index is 11.7. The molecule has 0 amide bonds. The van der Waals surface area contributed by atoms with E-state index in [0.29, 0.717) is 6.61 Å². The average Bonchev–Trinajstić information content (AvgIpc) is 2.33. The average molecular weight is 318 g/mol. The first kappa shape index (κ1) is 16.2. The van der Waals surface area contributed by atoms with Gasteiger partial charge >= 0.3 is 7.82 Å². The Hall–Kier alpha value is 1.16. The molecule has 0 saturated carbocycles. The van der Waals surface area contributed by atoms with Crippen LogP contribution in [0.1, 0.15) is 51.9 Å². The normalized spacial score (nSPS) is 19.4. The molecule has 1 saturated heterocycles. The molecular formula is C9H19O4PS3. The van der Waals surface area contributed by atoms with Gasteiger partial charge in [-0.3, -0.25) is 4.52 Å². The summed E-state index contributed by atoms with van der Waals surface area (Å²) in [7, 11) is -1.99. The smallest absolute Gasteiger partial charge is 0.286 e. The summed E-state index contributed by atoms with van der Waals surface area (Å²) >= 11 is 2.09. The molecule has 0 N–H and O–H groups in total. The summed E-state index contributed by atoms with van der Waals surface area (Å²) < 4.78 is 26.6. The highest BCUT2D eigenvalue weighted by Crippen LogP contribution is 2.65. The lowest BCUT2D eigenvalue weighted by molar-refractivity contribution is 0.222. The van der Waals surface area contributed by atoms with E-state index in [0.717, 1.165) is 35.0 Å². The van der Waals surface area contributed by atoms with Gasteiger partial charge in [0.2, 0.25) is 0 Å². The summed E-state index contributed by atoms with van der Waals surface area (Å²) in [5.74, 6) is 0. The van der Waals surface area contributed by atoms with E-state index < -0.39 is 7.82 Å². The van der Waals surface area contributed by atoms with Crippen LogP contribution in [0, 0.1) is 0 Å². The van der Waals surface area contributed by atoms with Gasteiger partial charge in [0.25, 0.3) is 0 Å². The minimum atomic E-state index is -3.27. The van der Waals surface area contributed by atoms with Crippen molar-refractivity contribution >= 4 is 39.8 Å². The van der Waals surface area contributed by atoms with E-state index in [4.69, 9.17) is 12.5 Å². The molecule has 102 valence electrons. The van der Waals surface area contributed by atoms with Gasteiger partial charge in [0.1, 0.15) is 0 Å². The van der Waals surface area contributed by atoms with Gasteiger partial charge in [-0.1, -0.05) is 45.4 Å². The van der Waals surface area contributed by atoms with Gasteiger partial charge in [0.05, 0.1) is 28.8 Å². The van der Waals surface area contributed by atoms with Crippen LogP contribution in [-0.4, -0.2) is 6.61 Å². The standard InChI is InChI=1S/C9H19O4PS3/c1-2-3-4-5-6-7-8-9-11-14(10)12-15-17-16-13-14/h2-9H2,1H3. The van der Waals surface area contributed by atoms with Gasteiger partial charge < -0.3 is 0 Å². The van der Waals surface area contributed by atoms with Crippen LogP contribution in [0.4, 0.5) is 0 Å². The first-order chi connectivity index (χ1) is 8.27. The molecule has 0 unspecified atom stereocenters. The van der Waals surface area contributed by atoms with Gasteiger partial charge in [-0.15, -0.1) is 0 Å². The minimum absolute atomic E-state index is 0.441. The van der Waals surface area contributed by atoms with Gasteiger partial charge in [0.15, 0.2) is 0 Å². The summed E-state index contributed by atoms with van der Waals surface area (Å²) in [6.07, 6.45) is 8.42. The summed E-state index contributed by atoms with van der Waals surface area (Å²) in [6, 6.07) is 0. The predicted molar refractivity (Wildman–Crippen MR) is 76.5 cm³/mol. The number of phosphoric acid groups is 1. The quantitative estimate of drug-likeness (QED) is 0.231. The van der Waals surface area contributed by atoms with E-state index in [9.17, 15) is 4.57 Å². The zero-order chi connectivity index (χ0) is 12.4. The molecule has 0 spiro atoms. The summed E-state index contributed by atoms with van der Waals surface area (Å²) in [6.45, 7) is 2.65. The third kappa shape index (κ3) is 8.03. The van der Waals surface area contributed by atoms with Crippen LogP contribution < -0.4 is 0 Å². The van der Waals surface area contributed by atoms with Gasteiger partial charge in [0, 0.05) is 9.83 Å². The molecule has 0 aromatic rings. The highest BCUT2D eigenvalue weighted by atomic mass is 33.5. The Balaban J connectivity index is 1.91. The lowest BCUT2D eigenvalue weighted by Gasteiger charge is -2.17. The molecule has 1 rings (SSSR count). The topological polar surface area (TPSA) is 44.8 Å². The van der Waals surface area contributed by atoms with E-state index in [2.05, 4.69) is 6.92 Å². The second-order valence-electron chi connectivity index (χ2n) is 3.75. The van der Waals surface area contributed by atoms with Crippen molar-refractivity contribution in [1.29, 1.82) is 0 Å². The van der Waals surface area contributed by atoms with Gasteiger partial charge in [-0.25, -0.2) is 12.5 Å². The van der Waals surface area contributed by atoms with Crippen LogP contribution in [0.3, 0.4) is 0 Å². The maximum absolute atomic E-state index is 11.7. The van der Waals surface area contributed by atoms with Crippen molar-refractivity contribution in [2.45, 2.75) is 51.9 Å². The summed E-state index contributed by atoms with van der Waals surface area (Å²) in [5.41, 5.74) is 0. The van der Waals surface area contributed by atoms with Crippen LogP contribution in [0.5, 0.6) is 0 Å². The molecule has 8 heteroatoms. The van der Waals surface area contributed by atoms with Crippen molar-refractivity contribution in [2.24, 2.45) is 0 Å². The Morgan fingerprint density at radius 3 is 2.24 bits per heavy atom. The van der Waals surface area contributed by atoms with Crippen molar-refractivity contribution in [3.05, 3.63) is 0 Å². The van der Waals surface area contributed by atoms with E-state index >= 15 is 0 Å².